The molecule has 0 saturated carbocycles. The third-order valence-corrected chi connectivity index (χ3v) is 7.58. The van der Waals surface area contributed by atoms with Crippen LogP contribution in [-0.4, -0.2) is 52.5 Å². The fourth-order valence-electron chi connectivity index (χ4n) is 5.27. The summed E-state index contributed by atoms with van der Waals surface area (Å²) < 4.78 is 40.5. The molecule has 0 fully saturated rings. The number of nitrogens with zero attached hydrogens (tertiary/aromatic N) is 3. The third kappa shape index (κ3) is 6.87. The van der Waals surface area contributed by atoms with Crippen molar-refractivity contribution in [3.8, 4) is 28.7 Å². The number of esters is 1. The SMILES string of the molecule is COc1cc2nccc(Oc3ccc(CC(=O)c4c(C)n(C[C@@H](C)OC(=O)[C@H](C)N)n(-c5ccccc5)c4=O)cc3F)c2cc1OC. The van der Waals surface area contributed by atoms with Gasteiger partial charge in [-0.05, 0) is 62.7 Å². The maximum atomic E-state index is 15.4. The molecule has 3 aromatic carbocycles. The molecule has 5 rings (SSSR count). The van der Waals surface area contributed by atoms with Gasteiger partial charge in [0.25, 0.3) is 5.56 Å². The Balaban J connectivity index is 1.42. The summed E-state index contributed by atoms with van der Waals surface area (Å²) in [5, 5.41) is 0.583. The first kappa shape index (κ1) is 32.9. The van der Waals surface area contributed by atoms with Crippen LogP contribution in [0.2, 0.25) is 0 Å². The normalized spacial score (nSPS) is 12.4. The second kappa shape index (κ2) is 13.9. The van der Waals surface area contributed by atoms with Crippen molar-refractivity contribution < 1.29 is 32.9 Å². The lowest BCUT2D eigenvalue weighted by Gasteiger charge is -2.19. The minimum atomic E-state index is -0.814. The van der Waals surface area contributed by atoms with Crippen molar-refractivity contribution in [3.63, 3.8) is 0 Å². The summed E-state index contributed by atoms with van der Waals surface area (Å²) in [6.45, 7) is 4.93. The Morgan fingerprint density at radius 2 is 1.64 bits per heavy atom. The first-order valence-corrected chi connectivity index (χ1v) is 14.9. The van der Waals surface area contributed by atoms with E-state index in [4.69, 9.17) is 24.7 Å². The Morgan fingerprint density at radius 1 is 0.936 bits per heavy atom. The maximum Gasteiger partial charge on any atom is 0.322 e. The molecular formula is C35H35FN4O7. The number of methoxy groups -OCH3 is 2. The highest BCUT2D eigenvalue weighted by Gasteiger charge is 2.26. The molecule has 5 aromatic rings. The summed E-state index contributed by atoms with van der Waals surface area (Å²) in [4.78, 5) is 43.8. The standard InChI is InChI=1S/C35H35FN4O7/c1-20(46-35(43)21(2)37)19-39-22(3)33(34(42)40(39)24-9-7-6-8-10-24)28(41)16-23-11-12-30(26(36)15-23)47-29-13-14-38-27-18-32(45-5)31(44-4)17-25(27)29/h6-15,17-18,20-21H,16,19,37H2,1-5H3/t20-,21+/m1/s1. The largest absolute Gasteiger partial charge is 0.493 e. The quantitative estimate of drug-likeness (QED) is 0.145. The number of pyridine rings is 1. The van der Waals surface area contributed by atoms with E-state index in [1.54, 1.807) is 73.1 Å². The highest BCUT2D eigenvalue weighted by Crippen LogP contribution is 2.37. The second-order valence-corrected chi connectivity index (χ2v) is 11.0. The van der Waals surface area contributed by atoms with Crippen LogP contribution in [0.3, 0.4) is 0 Å². The van der Waals surface area contributed by atoms with E-state index in [1.807, 2.05) is 0 Å². The number of nitrogens with two attached hydrogens (primary N) is 1. The molecular weight excluding hydrogens is 607 g/mol. The van der Waals surface area contributed by atoms with Crippen molar-refractivity contribution >= 4 is 22.7 Å². The number of ketones is 1. The third-order valence-electron chi connectivity index (χ3n) is 7.58. The molecule has 2 heterocycles. The van der Waals surface area contributed by atoms with Crippen molar-refractivity contribution in [2.24, 2.45) is 5.73 Å². The van der Waals surface area contributed by atoms with Crippen LogP contribution in [0.25, 0.3) is 16.6 Å². The van der Waals surface area contributed by atoms with Crippen LogP contribution in [0.15, 0.2) is 77.7 Å². The molecule has 2 atom stereocenters. The number of fused-ring (bicyclic) bond motifs is 1. The van der Waals surface area contributed by atoms with Gasteiger partial charge in [-0.2, -0.15) is 0 Å². The molecule has 0 radical (unpaired) electrons. The molecule has 0 saturated heterocycles. The van der Waals surface area contributed by atoms with Crippen LogP contribution in [0.1, 0.15) is 35.5 Å². The molecule has 2 N–H and O–H groups in total. The minimum absolute atomic E-state index is 0.0482. The number of para-hydroxylation sites is 1. The summed E-state index contributed by atoms with van der Waals surface area (Å²) in [5.41, 5.74) is 6.87. The van der Waals surface area contributed by atoms with Crippen LogP contribution >= 0.6 is 0 Å². The zero-order valence-electron chi connectivity index (χ0n) is 26.7. The van der Waals surface area contributed by atoms with Crippen LogP contribution in [0, 0.1) is 12.7 Å². The van der Waals surface area contributed by atoms with Crippen LogP contribution < -0.4 is 25.5 Å². The summed E-state index contributed by atoms with van der Waals surface area (Å²) in [5.74, 6) is -0.537. The van der Waals surface area contributed by atoms with E-state index in [2.05, 4.69) is 4.98 Å². The molecule has 244 valence electrons. The van der Waals surface area contributed by atoms with Crippen molar-refractivity contribution in [2.75, 3.05) is 14.2 Å². The number of benzene rings is 3. The van der Waals surface area contributed by atoms with Crippen molar-refractivity contribution in [1.82, 2.24) is 14.3 Å². The fraction of sp³-hybridized carbons (Fsp3) is 0.257. The van der Waals surface area contributed by atoms with E-state index < -0.39 is 35.3 Å². The lowest BCUT2D eigenvalue weighted by atomic mass is 10.0. The maximum absolute atomic E-state index is 15.4. The Labute approximate surface area is 270 Å². The van der Waals surface area contributed by atoms with E-state index in [1.165, 1.54) is 44.2 Å². The van der Waals surface area contributed by atoms with Crippen molar-refractivity contribution in [3.05, 3.63) is 106 Å². The zero-order chi connectivity index (χ0) is 33.8. The molecule has 0 aliphatic rings. The molecule has 0 amide bonds. The predicted molar refractivity (Wildman–Crippen MR) is 173 cm³/mol. The summed E-state index contributed by atoms with van der Waals surface area (Å²) in [7, 11) is 3.03. The zero-order valence-corrected chi connectivity index (χ0v) is 26.7. The smallest absolute Gasteiger partial charge is 0.322 e. The van der Waals surface area contributed by atoms with Crippen LogP contribution in [0.5, 0.6) is 23.0 Å². The highest BCUT2D eigenvalue weighted by atomic mass is 19.1. The molecule has 0 aliphatic heterocycles. The van der Waals surface area contributed by atoms with E-state index in [9.17, 15) is 14.4 Å². The van der Waals surface area contributed by atoms with E-state index in [0.29, 0.717) is 45.1 Å². The number of rotatable bonds is 12. The van der Waals surface area contributed by atoms with Gasteiger partial charge in [0.15, 0.2) is 28.8 Å². The van der Waals surface area contributed by atoms with Gasteiger partial charge < -0.3 is 24.7 Å². The highest BCUT2D eigenvalue weighted by molar-refractivity contribution is 5.98. The van der Waals surface area contributed by atoms with Gasteiger partial charge in [-0.1, -0.05) is 24.3 Å². The van der Waals surface area contributed by atoms with E-state index >= 15 is 4.39 Å². The van der Waals surface area contributed by atoms with Gasteiger partial charge in [-0.3, -0.25) is 24.0 Å². The number of hydrogen-bond acceptors (Lipinski definition) is 9. The van der Waals surface area contributed by atoms with Gasteiger partial charge in [-0.25, -0.2) is 9.07 Å². The van der Waals surface area contributed by atoms with Crippen molar-refractivity contribution in [1.29, 1.82) is 0 Å². The average molecular weight is 643 g/mol. The molecule has 0 aliphatic carbocycles. The first-order valence-electron chi connectivity index (χ1n) is 14.9. The van der Waals surface area contributed by atoms with Gasteiger partial charge in [-0.15, -0.1) is 0 Å². The van der Waals surface area contributed by atoms with Gasteiger partial charge in [0.05, 0.1) is 32.0 Å². The lowest BCUT2D eigenvalue weighted by Crippen LogP contribution is -2.34. The van der Waals surface area contributed by atoms with Gasteiger partial charge in [0.2, 0.25) is 0 Å². The molecule has 0 unspecified atom stereocenters. The Kier molecular flexibility index (Phi) is 9.71. The molecule has 47 heavy (non-hydrogen) atoms. The van der Waals surface area contributed by atoms with Gasteiger partial charge in [0, 0.05) is 29.8 Å². The predicted octanol–water partition coefficient (Wildman–Crippen LogP) is 5.15. The van der Waals surface area contributed by atoms with Crippen LogP contribution in [-0.2, 0) is 22.5 Å². The fourth-order valence-corrected chi connectivity index (χ4v) is 5.27. The number of aromatic nitrogens is 3. The van der Waals surface area contributed by atoms with E-state index in [-0.39, 0.29) is 24.3 Å². The van der Waals surface area contributed by atoms with Crippen LogP contribution in [0.4, 0.5) is 4.39 Å². The Hall–Kier alpha value is -5.49. The molecule has 2 aromatic heterocycles. The number of Topliss-reactive ketones (excluding diaryl/α,β-unsaturated/α-hetero) is 1. The molecule has 11 nitrogen and oxygen atoms in total. The second-order valence-electron chi connectivity index (χ2n) is 11.0. The summed E-state index contributed by atoms with van der Waals surface area (Å²) in [6.07, 6.45) is 0.643. The molecule has 0 spiro atoms. The molecule has 12 heteroatoms. The lowest BCUT2D eigenvalue weighted by molar-refractivity contribution is -0.150. The monoisotopic (exact) mass is 642 g/mol. The number of carbonyl (C=O) groups is 2. The average Bonchev–Trinajstić information content (AvgIpc) is 3.29. The Morgan fingerprint density at radius 3 is 2.30 bits per heavy atom. The Bertz CT molecular complexity index is 2000. The minimum Gasteiger partial charge on any atom is -0.493 e. The van der Waals surface area contributed by atoms with Gasteiger partial charge in [0.1, 0.15) is 23.5 Å². The number of ether oxygens (including phenoxy) is 4. The number of hydrogen-bond donors (Lipinski definition) is 1. The summed E-state index contributed by atoms with van der Waals surface area (Å²) >= 11 is 0. The van der Waals surface area contributed by atoms with E-state index in [0.717, 1.165) is 0 Å². The number of halogens is 1. The number of carbonyl (C=O) groups excluding carboxylic acids is 2. The van der Waals surface area contributed by atoms with Gasteiger partial charge >= 0.3 is 5.97 Å². The first-order chi connectivity index (χ1) is 22.5. The molecule has 0 bridgehead atoms. The summed E-state index contributed by atoms with van der Waals surface area (Å²) in [6, 6.07) is 17.2. The topological polar surface area (TPSA) is 137 Å². The van der Waals surface area contributed by atoms with Crippen molar-refractivity contribution in [2.45, 2.75) is 45.9 Å².